The molecule has 2 aliphatic heterocycles. The van der Waals surface area contributed by atoms with Gasteiger partial charge in [-0.25, -0.2) is 4.98 Å². The van der Waals surface area contributed by atoms with E-state index in [-0.39, 0.29) is 11.3 Å². The van der Waals surface area contributed by atoms with E-state index < -0.39 is 0 Å². The molecule has 0 aliphatic carbocycles. The zero-order chi connectivity index (χ0) is 19.7. The van der Waals surface area contributed by atoms with Crippen LogP contribution in [0.1, 0.15) is 28.3 Å². The van der Waals surface area contributed by atoms with Crippen LogP contribution >= 0.6 is 0 Å². The number of imidazole rings is 1. The molecule has 0 spiro atoms. The summed E-state index contributed by atoms with van der Waals surface area (Å²) in [4.78, 5) is 25.0. The summed E-state index contributed by atoms with van der Waals surface area (Å²) in [6.45, 7) is 4.45. The third-order valence-corrected chi connectivity index (χ3v) is 6.53. The molecule has 5 rings (SSSR count). The number of rotatable bonds is 6. The van der Waals surface area contributed by atoms with Gasteiger partial charge in [-0.2, -0.15) is 5.10 Å². The van der Waals surface area contributed by atoms with Gasteiger partial charge in [-0.1, -0.05) is 30.3 Å². The number of carbonyl (C=O) groups excluding carboxylic acids is 1. The van der Waals surface area contributed by atoms with Gasteiger partial charge in [-0.3, -0.25) is 14.8 Å². The molecule has 4 heterocycles. The molecule has 2 saturated heterocycles. The van der Waals surface area contributed by atoms with Crippen LogP contribution in [0.5, 0.6) is 0 Å². The van der Waals surface area contributed by atoms with E-state index in [1.807, 2.05) is 17.3 Å². The average molecular weight is 390 g/mol. The number of aryl methyl sites for hydroxylation is 1. The van der Waals surface area contributed by atoms with E-state index in [1.165, 1.54) is 5.56 Å². The fourth-order valence-corrected chi connectivity index (χ4v) is 5.10. The molecule has 1 amide bonds. The average Bonchev–Trinajstić information content (AvgIpc) is 3.51. The SMILES string of the molecule is O=C(c1ccn[nH]1)N1CC2CN(Cc3ncc[nH]3)CC2(CCc2ccccc2)C1. The Morgan fingerprint density at radius 3 is 2.79 bits per heavy atom. The maximum Gasteiger partial charge on any atom is 0.271 e. The summed E-state index contributed by atoms with van der Waals surface area (Å²) in [5.41, 5.74) is 2.07. The lowest BCUT2D eigenvalue weighted by atomic mass is 9.76. The van der Waals surface area contributed by atoms with Crippen LogP contribution in [0.2, 0.25) is 0 Å². The van der Waals surface area contributed by atoms with E-state index in [9.17, 15) is 4.79 Å². The molecule has 2 aromatic heterocycles. The number of hydrogen-bond donors (Lipinski definition) is 2. The molecule has 29 heavy (non-hydrogen) atoms. The summed E-state index contributed by atoms with van der Waals surface area (Å²) in [5.74, 6) is 1.55. The second-order valence-electron chi connectivity index (χ2n) is 8.41. The molecular weight excluding hydrogens is 364 g/mol. The van der Waals surface area contributed by atoms with Gasteiger partial charge in [0.15, 0.2) is 0 Å². The fourth-order valence-electron chi connectivity index (χ4n) is 5.10. The standard InChI is InChI=1S/C22H26N6O/c29-21(19-7-9-25-26-19)28-13-18-12-27(14-20-23-10-11-24-20)15-22(18,16-28)8-6-17-4-2-1-3-5-17/h1-5,7,9-11,18H,6,8,12-16H2,(H,23,24)(H,25,26). The van der Waals surface area contributed by atoms with Gasteiger partial charge in [-0.05, 0) is 30.4 Å². The number of likely N-dealkylation sites (tertiary alicyclic amines) is 2. The van der Waals surface area contributed by atoms with E-state index in [0.29, 0.717) is 11.6 Å². The monoisotopic (exact) mass is 390 g/mol. The Morgan fingerprint density at radius 1 is 1.14 bits per heavy atom. The molecule has 2 fully saturated rings. The van der Waals surface area contributed by atoms with Crippen LogP contribution in [-0.2, 0) is 13.0 Å². The van der Waals surface area contributed by atoms with Crippen LogP contribution in [0.25, 0.3) is 0 Å². The van der Waals surface area contributed by atoms with Gasteiger partial charge < -0.3 is 9.88 Å². The largest absolute Gasteiger partial charge is 0.348 e. The molecule has 2 N–H and O–H groups in total. The van der Waals surface area contributed by atoms with Crippen molar-refractivity contribution in [3.63, 3.8) is 0 Å². The van der Waals surface area contributed by atoms with Gasteiger partial charge in [-0.15, -0.1) is 0 Å². The van der Waals surface area contributed by atoms with E-state index in [2.05, 4.69) is 55.4 Å². The number of benzene rings is 1. The number of nitrogens with one attached hydrogen (secondary N) is 2. The number of nitrogens with zero attached hydrogens (tertiary/aromatic N) is 4. The molecule has 7 nitrogen and oxygen atoms in total. The molecular formula is C22H26N6O. The van der Waals surface area contributed by atoms with Crippen molar-refractivity contribution in [2.45, 2.75) is 19.4 Å². The van der Waals surface area contributed by atoms with Crippen molar-refractivity contribution in [1.29, 1.82) is 0 Å². The molecule has 7 heteroatoms. The Balaban J connectivity index is 1.34. The highest BCUT2D eigenvalue weighted by Gasteiger charge is 2.53. The summed E-state index contributed by atoms with van der Waals surface area (Å²) >= 11 is 0. The normalized spacial score (nSPS) is 24.1. The third-order valence-electron chi connectivity index (χ3n) is 6.53. The molecule has 2 unspecified atom stereocenters. The minimum absolute atomic E-state index is 0.0635. The van der Waals surface area contributed by atoms with E-state index in [0.717, 1.165) is 51.4 Å². The van der Waals surface area contributed by atoms with Crippen molar-refractivity contribution in [1.82, 2.24) is 30.0 Å². The minimum Gasteiger partial charge on any atom is -0.348 e. The molecule has 2 aliphatic rings. The zero-order valence-electron chi connectivity index (χ0n) is 16.4. The van der Waals surface area contributed by atoms with Crippen LogP contribution in [0.3, 0.4) is 0 Å². The maximum atomic E-state index is 12.9. The summed E-state index contributed by atoms with van der Waals surface area (Å²) in [6.07, 6.45) is 7.45. The molecule has 0 radical (unpaired) electrons. The molecule has 0 saturated carbocycles. The highest BCUT2D eigenvalue weighted by molar-refractivity contribution is 5.92. The van der Waals surface area contributed by atoms with E-state index >= 15 is 0 Å². The summed E-state index contributed by atoms with van der Waals surface area (Å²) in [7, 11) is 0. The smallest absolute Gasteiger partial charge is 0.271 e. The summed E-state index contributed by atoms with van der Waals surface area (Å²) in [6, 6.07) is 12.4. The highest BCUT2D eigenvalue weighted by Crippen LogP contribution is 2.46. The highest BCUT2D eigenvalue weighted by atomic mass is 16.2. The Kier molecular flexibility index (Phi) is 4.67. The molecule has 1 aromatic carbocycles. The van der Waals surface area contributed by atoms with Crippen LogP contribution in [0.4, 0.5) is 0 Å². The number of fused-ring (bicyclic) bond motifs is 1. The van der Waals surface area contributed by atoms with Crippen LogP contribution < -0.4 is 0 Å². The van der Waals surface area contributed by atoms with Crippen molar-refractivity contribution >= 4 is 5.91 Å². The molecule has 0 bridgehead atoms. The molecule has 150 valence electrons. The van der Waals surface area contributed by atoms with Crippen molar-refractivity contribution in [3.8, 4) is 0 Å². The van der Waals surface area contributed by atoms with E-state index in [1.54, 1.807) is 12.3 Å². The van der Waals surface area contributed by atoms with Crippen molar-refractivity contribution in [2.75, 3.05) is 26.2 Å². The Morgan fingerprint density at radius 2 is 2.03 bits per heavy atom. The maximum absolute atomic E-state index is 12.9. The van der Waals surface area contributed by atoms with Crippen LogP contribution in [-0.4, -0.2) is 62.1 Å². The second-order valence-corrected chi connectivity index (χ2v) is 8.41. The first-order chi connectivity index (χ1) is 14.2. The predicted molar refractivity (Wildman–Crippen MR) is 109 cm³/mol. The summed E-state index contributed by atoms with van der Waals surface area (Å²) in [5, 5.41) is 6.77. The topological polar surface area (TPSA) is 80.9 Å². The quantitative estimate of drug-likeness (QED) is 0.677. The van der Waals surface area contributed by atoms with Gasteiger partial charge in [0.05, 0.1) is 6.54 Å². The Labute approximate surface area is 170 Å². The van der Waals surface area contributed by atoms with Gasteiger partial charge in [0.2, 0.25) is 0 Å². The predicted octanol–water partition coefficient (Wildman–Crippen LogP) is 2.34. The van der Waals surface area contributed by atoms with Crippen molar-refractivity contribution in [3.05, 3.63) is 72.1 Å². The van der Waals surface area contributed by atoms with Crippen molar-refractivity contribution in [2.24, 2.45) is 11.3 Å². The zero-order valence-corrected chi connectivity index (χ0v) is 16.4. The Hall–Kier alpha value is -2.93. The number of hydrogen-bond acceptors (Lipinski definition) is 4. The third kappa shape index (κ3) is 3.58. The molecule has 3 aromatic rings. The lowest BCUT2D eigenvalue weighted by Crippen LogP contribution is -2.37. The van der Waals surface area contributed by atoms with Gasteiger partial charge in [0.1, 0.15) is 11.5 Å². The lowest BCUT2D eigenvalue weighted by Gasteiger charge is -2.29. The Bertz CT molecular complexity index is 939. The number of H-pyrrole nitrogens is 2. The van der Waals surface area contributed by atoms with Gasteiger partial charge in [0, 0.05) is 50.2 Å². The number of aromatic amines is 2. The molecule has 2 atom stereocenters. The van der Waals surface area contributed by atoms with Gasteiger partial charge in [0.25, 0.3) is 5.91 Å². The first-order valence-electron chi connectivity index (χ1n) is 10.3. The number of carbonyl (C=O) groups is 1. The van der Waals surface area contributed by atoms with Gasteiger partial charge >= 0.3 is 0 Å². The fraction of sp³-hybridized carbons (Fsp3) is 0.409. The minimum atomic E-state index is 0.0635. The number of amides is 1. The first-order valence-corrected chi connectivity index (χ1v) is 10.3. The van der Waals surface area contributed by atoms with Crippen LogP contribution in [0, 0.1) is 11.3 Å². The summed E-state index contributed by atoms with van der Waals surface area (Å²) < 4.78 is 0. The number of aromatic nitrogens is 4. The van der Waals surface area contributed by atoms with Crippen LogP contribution in [0.15, 0.2) is 55.0 Å². The first kappa shape index (κ1) is 18.1. The lowest BCUT2D eigenvalue weighted by molar-refractivity contribution is 0.0749. The second kappa shape index (κ2) is 7.48. The van der Waals surface area contributed by atoms with Crippen molar-refractivity contribution < 1.29 is 4.79 Å². The van der Waals surface area contributed by atoms with E-state index in [4.69, 9.17) is 0 Å².